The van der Waals surface area contributed by atoms with E-state index in [-0.39, 0.29) is 34.6 Å². The molecule has 8 N–H and O–H groups in total. The van der Waals surface area contributed by atoms with Gasteiger partial charge in [-0.3, -0.25) is 0 Å². The van der Waals surface area contributed by atoms with E-state index in [9.17, 15) is 34.4 Å². The van der Waals surface area contributed by atoms with Gasteiger partial charge in [-0.05, 0) is 0 Å². The molecule has 2 fully saturated rings. The van der Waals surface area contributed by atoms with Crippen molar-refractivity contribution in [3.8, 4) is 0 Å². The number of carboxylic acid groups (broad SMARTS) is 1. The summed E-state index contributed by atoms with van der Waals surface area (Å²) in [4.78, 5) is 65.2. The predicted molar refractivity (Wildman–Crippen MR) is 112 cm³/mol. The summed E-state index contributed by atoms with van der Waals surface area (Å²) in [7, 11) is -4.44. The molecule has 0 bridgehead atoms. The van der Waals surface area contributed by atoms with Crippen LogP contribution in [0, 0.1) is 0 Å². The van der Waals surface area contributed by atoms with Gasteiger partial charge in [-0.15, -0.1) is 0 Å². The van der Waals surface area contributed by atoms with Gasteiger partial charge >= 0.3 is 188 Å². The van der Waals surface area contributed by atoms with Crippen LogP contribution in [0.3, 0.4) is 0 Å². The van der Waals surface area contributed by atoms with Gasteiger partial charge in [0, 0.05) is 0 Å². The summed E-state index contributed by atoms with van der Waals surface area (Å²) in [6.07, 6.45) is -4.77. The van der Waals surface area contributed by atoms with E-state index in [2.05, 4.69) is 20.3 Å². The number of H-pyrrole nitrogens is 1. The van der Waals surface area contributed by atoms with Crippen molar-refractivity contribution in [2.24, 2.45) is 0 Å². The summed E-state index contributed by atoms with van der Waals surface area (Å²) in [5.74, 6) is -2.28. The number of nitrogen functional groups attached to an aromatic ring is 1. The SMILES string of the molecule is CC(=O)N[C@@H](CSc1nc2c(=O)[nH]c(N)nc2n1C1OC2CO[PH](O)(O)OC2C1O)C(=O)O. The minimum atomic E-state index is -4.44. The van der Waals surface area contributed by atoms with Crippen LogP contribution in [0.15, 0.2) is 9.95 Å². The number of carboxylic acids is 1. The molecule has 2 aliphatic rings. The molecule has 4 unspecified atom stereocenters. The molecular weight excluding hydrogens is 487 g/mol. The Morgan fingerprint density at radius 3 is 2.82 bits per heavy atom. The number of carbonyl (C=O) groups excluding carboxylic acids is 1. The number of nitrogens with one attached hydrogen (secondary N) is 2. The molecule has 0 saturated carbocycles. The molecule has 4 heterocycles. The van der Waals surface area contributed by atoms with Crippen LogP contribution in [-0.4, -0.2) is 88.1 Å². The molecule has 0 spiro atoms. The van der Waals surface area contributed by atoms with Crippen LogP contribution in [0.5, 0.6) is 0 Å². The van der Waals surface area contributed by atoms with Crippen LogP contribution in [0.25, 0.3) is 11.2 Å². The number of hydrogen-bond donors (Lipinski definition) is 7. The fourth-order valence-electron chi connectivity index (χ4n) is 3.50. The van der Waals surface area contributed by atoms with Gasteiger partial charge in [-0.25, -0.2) is 0 Å². The molecule has 4 rings (SSSR count). The molecule has 2 aromatic heterocycles. The number of amides is 1. The Kier molecular flexibility index (Phi) is 6.32. The van der Waals surface area contributed by atoms with Gasteiger partial charge in [0.25, 0.3) is 0 Å². The van der Waals surface area contributed by atoms with E-state index in [4.69, 9.17) is 19.5 Å². The second kappa shape index (κ2) is 8.77. The van der Waals surface area contributed by atoms with E-state index in [1.807, 2.05) is 0 Å². The zero-order valence-electron chi connectivity index (χ0n) is 16.9. The molecule has 2 aliphatic heterocycles. The van der Waals surface area contributed by atoms with E-state index in [0.29, 0.717) is 0 Å². The Bertz CT molecular complexity index is 1160. The fraction of sp³-hybridized carbons (Fsp3) is 0.533. The molecule has 18 heteroatoms. The molecule has 182 valence electrons. The first-order valence-electron chi connectivity index (χ1n) is 9.47. The molecule has 5 atom stereocenters. The molecule has 33 heavy (non-hydrogen) atoms. The van der Waals surface area contributed by atoms with Gasteiger partial charge in [-0.1, -0.05) is 0 Å². The molecule has 2 aromatic rings. The van der Waals surface area contributed by atoms with Crippen molar-refractivity contribution in [3.05, 3.63) is 10.4 Å². The second-order valence-electron chi connectivity index (χ2n) is 7.29. The van der Waals surface area contributed by atoms with Crippen LogP contribution in [0.2, 0.25) is 0 Å². The standard InChI is InChI=1S/C15H21N6O10PS/c1-4(22)17-5(13(25)26)3-33-15-18-7-10(19-14(16)20-11(7)24)21(15)12-8(23)9-6(30-12)2-29-32(27,28)31-9/h5-6,8-9,12,23,27-28,32H,2-3H2,1H3,(H,17,22)(H,25,26)(H3,16,19,20,24)/t5-,6?,8?,9?,12?/m0/s1. The molecule has 16 nitrogen and oxygen atoms in total. The predicted octanol–water partition coefficient (Wildman–Crippen LogP) is -2.55. The van der Waals surface area contributed by atoms with Crippen LogP contribution in [0.1, 0.15) is 13.2 Å². The maximum absolute atomic E-state index is 12.4. The second-order valence-corrected chi connectivity index (χ2v) is 9.90. The first-order valence-corrected chi connectivity index (χ1v) is 12.2. The summed E-state index contributed by atoms with van der Waals surface area (Å²) in [5.41, 5.74) is 4.75. The number of nitrogens with zero attached hydrogens (tertiary/aromatic N) is 3. The van der Waals surface area contributed by atoms with Gasteiger partial charge in [0.2, 0.25) is 0 Å². The molecular formula is C15H21N6O10PS. The van der Waals surface area contributed by atoms with Gasteiger partial charge in [0.15, 0.2) is 0 Å². The third-order valence-electron chi connectivity index (χ3n) is 4.88. The Morgan fingerprint density at radius 1 is 1.42 bits per heavy atom. The third-order valence-corrected chi connectivity index (χ3v) is 7.05. The number of thioether (sulfide) groups is 1. The molecule has 0 aromatic carbocycles. The Balaban J connectivity index is 1.73. The average Bonchev–Trinajstić information content (AvgIpc) is 3.21. The number of fused-ring (bicyclic) bond motifs is 2. The number of rotatable bonds is 6. The number of carbonyl (C=O) groups is 2. The normalized spacial score (nSPS) is 28.2. The monoisotopic (exact) mass is 508 g/mol. The van der Waals surface area contributed by atoms with E-state index in [0.717, 1.165) is 11.8 Å². The van der Waals surface area contributed by atoms with Crippen molar-refractivity contribution in [3.63, 3.8) is 0 Å². The summed E-state index contributed by atoms with van der Waals surface area (Å²) in [6.45, 7) is 0.895. The van der Waals surface area contributed by atoms with Crippen LogP contribution < -0.4 is 16.6 Å². The van der Waals surface area contributed by atoms with Crippen LogP contribution in [-0.2, 0) is 23.4 Å². The zero-order chi connectivity index (χ0) is 24.1. The number of aromatic amines is 1. The van der Waals surface area contributed by atoms with Crippen LogP contribution >= 0.6 is 19.9 Å². The van der Waals surface area contributed by atoms with Crippen molar-refractivity contribution < 1.29 is 43.4 Å². The molecule has 2 saturated heterocycles. The van der Waals surface area contributed by atoms with Gasteiger partial charge in [0.05, 0.1) is 0 Å². The van der Waals surface area contributed by atoms with Gasteiger partial charge in [0.1, 0.15) is 0 Å². The summed E-state index contributed by atoms with van der Waals surface area (Å²) >= 11 is 0.857. The van der Waals surface area contributed by atoms with E-state index >= 15 is 0 Å². The summed E-state index contributed by atoms with van der Waals surface area (Å²) < 4.78 is 17.0. The van der Waals surface area contributed by atoms with Crippen molar-refractivity contribution in [2.75, 3.05) is 18.1 Å². The fourth-order valence-corrected chi connectivity index (χ4v) is 5.63. The Morgan fingerprint density at radius 2 is 2.15 bits per heavy atom. The van der Waals surface area contributed by atoms with Crippen molar-refractivity contribution in [1.29, 1.82) is 0 Å². The number of aromatic nitrogens is 4. The zero-order valence-corrected chi connectivity index (χ0v) is 18.7. The number of hydrogen-bond acceptors (Lipinski definition) is 13. The topological polar surface area (TPSA) is 244 Å². The number of aliphatic hydroxyl groups is 1. The number of aliphatic hydroxyl groups excluding tert-OH is 1. The van der Waals surface area contributed by atoms with Gasteiger partial charge < -0.3 is 0 Å². The van der Waals surface area contributed by atoms with Crippen LogP contribution in [0.4, 0.5) is 5.95 Å². The number of anilines is 1. The quantitative estimate of drug-likeness (QED) is 0.157. The molecule has 0 radical (unpaired) electrons. The third kappa shape index (κ3) is 4.67. The Labute approximate surface area is 188 Å². The van der Waals surface area contributed by atoms with Crippen molar-refractivity contribution in [1.82, 2.24) is 24.8 Å². The van der Waals surface area contributed by atoms with Gasteiger partial charge in [-0.2, -0.15) is 0 Å². The van der Waals surface area contributed by atoms with Crippen molar-refractivity contribution in [2.45, 2.75) is 42.7 Å². The first kappa shape index (κ1) is 23.8. The summed E-state index contributed by atoms with van der Waals surface area (Å²) in [6, 6.07) is -1.28. The minimum absolute atomic E-state index is 0.0327. The molecule has 1 amide bonds. The van der Waals surface area contributed by atoms with E-state index in [1.54, 1.807) is 0 Å². The first-order chi connectivity index (χ1) is 15.5. The maximum atomic E-state index is 12.4. The number of ether oxygens (including phenoxy) is 1. The van der Waals surface area contributed by atoms with E-state index in [1.165, 1.54) is 11.5 Å². The average molecular weight is 508 g/mol. The molecule has 0 aliphatic carbocycles. The summed E-state index contributed by atoms with van der Waals surface area (Å²) in [5, 5.41) is 22.5. The Hall–Kier alpha value is -2.37. The number of aliphatic carboxylic acids is 1. The van der Waals surface area contributed by atoms with E-state index < -0.39 is 56.2 Å². The number of nitrogens with two attached hydrogens (primary N) is 1. The number of imidazole rings is 1. The van der Waals surface area contributed by atoms with Crippen molar-refractivity contribution >= 4 is 48.9 Å².